The van der Waals surface area contributed by atoms with E-state index in [1.807, 2.05) is 27.1 Å². The topological polar surface area (TPSA) is 56.1 Å². The van der Waals surface area contributed by atoms with Gasteiger partial charge in [-0.2, -0.15) is 5.10 Å². The van der Waals surface area contributed by atoms with Gasteiger partial charge in [-0.05, 0) is 38.1 Å². The third-order valence-electron chi connectivity index (χ3n) is 3.00. The second-order valence-corrected chi connectivity index (χ2v) is 4.60. The molecule has 0 aliphatic heterocycles. The van der Waals surface area contributed by atoms with Crippen molar-refractivity contribution >= 4 is 5.91 Å². The number of aromatic nitrogens is 2. The largest absolute Gasteiger partial charge is 0.494 e. The summed E-state index contributed by atoms with van der Waals surface area (Å²) < 4.78 is 7.07. The minimum atomic E-state index is -0.107. The zero-order valence-corrected chi connectivity index (χ0v) is 12.0. The number of hydrogen-bond acceptors (Lipinski definition) is 3. The predicted octanol–water partition coefficient (Wildman–Crippen LogP) is 2.31. The molecule has 2 rings (SSSR count). The standard InChI is InChI=1S/C15H19N3O2/c1-4-20-14-7-5-12(6-8-14)15(19)17-11(2)13-9-16-18(3)10-13/h5-11H,4H2,1-3H3,(H,17,19)/t11-/m0/s1. The van der Waals surface area contributed by atoms with Gasteiger partial charge in [-0.15, -0.1) is 0 Å². The Labute approximate surface area is 118 Å². The molecule has 1 atom stereocenters. The van der Waals surface area contributed by atoms with Crippen LogP contribution in [-0.2, 0) is 7.05 Å². The van der Waals surface area contributed by atoms with Gasteiger partial charge in [0, 0.05) is 24.4 Å². The van der Waals surface area contributed by atoms with E-state index in [0.717, 1.165) is 11.3 Å². The molecule has 0 spiro atoms. The number of carbonyl (C=O) groups excluding carboxylic acids is 1. The number of nitrogens with zero attached hydrogens (tertiary/aromatic N) is 2. The summed E-state index contributed by atoms with van der Waals surface area (Å²) in [7, 11) is 1.85. The molecule has 0 unspecified atom stereocenters. The van der Waals surface area contributed by atoms with Crippen molar-refractivity contribution in [2.24, 2.45) is 7.05 Å². The maximum Gasteiger partial charge on any atom is 0.251 e. The van der Waals surface area contributed by atoms with Crippen LogP contribution in [-0.4, -0.2) is 22.3 Å². The zero-order chi connectivity index (χ0) is 14.5. The van der Waals surface area contributed by atoms with Crippen molar-refractivity contribution in [3.63, 3.8) is 0 Å². The van der Waals surface area contributed by atoms with Crippen LogP contribution in [0.3, 0.4) is 0 Å². The Morgan fingerprint density at radius 2 is 2.10 bits per heavy atom. The van der Waals surface area contributed by atoms with Gasteiger partial charge in [0.2, 0.25) is 0 Å². The first-order chi connectivity index (χ1) is 9.60. The summed E-state index contributed by atoms with van der Waals surface area (Å²) in [4.78, 5) is 12.1. The minimum Gasteiger partial charge on any atom is -0.494 e. The van der Waals surface area contributed by atoms with Crippen LogP contribution in [0.4, 0.5) is 0 Å². The Balaban J connectivity index is 2.00. The molecule has 0 aliphatic rings. The van der Waals surface area contributed by atoms with Gasteiger partial charge in [-0.1, -0.05) is 0 Å². The fraction of sp³-hybridized carbons (Fsp3) is 0.333. The maximum absolute atomic E-state index is 12.1. The van der Waals surface area contributed by atoms with Crippen LogP contribution in [0.15, 0.2) is 36.7 Å². The predicted molar refractivity (Wildman–Crippen MR) is 76.7 cm³/mol. The van der Waals surface area contributed by atoms with E-state index in [1.54, 1.807) is 35.1 Å². The van der Waals surface area contributed by atoms with Gasteiger partial charge in [-0.3, -0.25) is 9.48 Å². The summed E-state index contributed by atoms with van der Waals surface area (Å²) in [5, 5.41) is 7.04. The number of ether oxygens (including phenoxy) is 1. The summed E-state index contributed by atoms with van der Waals surface area (Å²) in [5.41, 5.74) is 1.59. The van der Waals surface area contributed by atoms with E-state index in [-0.39, 0.29) is 11.9 Å². The molecule has 1 aromatic heterocycles. The smallest absolute Gasteiger partial charge is 0.251 e. The highest BCUT2D eigenvalue weighted by molar-refractivity contribution is 5.94. The zero-order valence-electron chi connectivity index (χ0n) is 12.0. The number of benzene rings is 1. The Hall–Kier alpha value is -2.30. The molecule has 0 saturated carbocycles. The fourth-order valence-corrected chi connectivity index (χ4v) is 1.90. The molecule has 0 radical (unpaired) electrons. The minimum absolute atomic E-state index is 0.0808. The lowest BCUT2D eigenvalue weighted by molar-refractivity contribution is 0.0940. The van der Waals surface area contributed by atoms with Crippen LogP contribution in [0, 0.1) is 0 Å². The van der Waals surface area contributed by atoms with Crippen LogP contribution in [0.2, 0.25) is 0 Å². The van der Waals surface area contributed by atoms with Gasteiger partial charge >= 0.3 is 0 Å². The lowest BCUT2D eigenvalue weighted by atomic mass is 10.1. The first kappa shape index (κ1) is 14.1. The van der Waals surface area contributed by atoms with Crippen molar-refractivity contribution in [3.05, 3.63) is 47.8 Å². The number of rotatable bonds is 5. The van der Waals surface area contributed by atoms with Crippen LogP contribution in [0.25, 0.3) is 0 Å². The van der Waals surface area contributed by atoms with E-state index < -0.39 is 0 Å². The van der Waals surface area contributed by atoms with Gasteiger partial charge < -0.3 is 10.1 Å². The van der Waals surface area contributed by atoms with Crippen LogP contribution in [0.1, 0.15) is 35.8 Å². The maximum atomic E-state index is 12.1. The molecule has 5 nitrogen and oxygen atoms in total. The molecule has 1 aromatic carbocycles. The van der Waals surface area contributed by atoms with E-state index in [1.165, 1.54) is 0 Å². The highest BCUT2D eigenvalue weighted by atomic mass is 16.5. The number of amides is 1. The monoisotopic (exact) mass is 273 g/mol. The quantitative estimate of drug-likeness (QED) is 0.909. The summed E-state index contributed by atoms with van der Waals surface area (Å²) in [6.07, 6.45) is 3.65. The molecule has 1 amide bonds. The Morgan fingerprint density at radius 3 is 2.65 bits per heavy atom. The van der Waals surface area contributed by atoms with Gasteiger partial charge in [0.05, 0.1) is 18.8 Å². The molecule has 5 heteroatoms. The first-order valence-corrected chi connectivity index (χ1v) is 6.62. The molecular weight excluding hydrogens is 254 g/mol. The third kappa shape index (κ3) is 3.38. The van der Waals surface area contributed by atoms with Crippen LogP contribution in [0.5, 0.6) is 5.75 Å². The average molecular weight is 273 g/mol. The van der Waals surface area contributed by atoms with E-state index in [0.29, 0.717) is 12.2 Å². The molecular formula is C15H19N3O2. The summed E-state index contributed by atoms with van der Waals surface area (Å²) in [6.45, 7) is 4.48. The molecule has 2 aromatic rings. The second kappa shape index (κ2) is 6.23. The molecule has 0 saturated heterocycles. The Bertz CT molecular complexity index is 575. The van der Waals surface area contributed by atoms with Crippen molar-refractivity contribution in [2.75, 3.05) is 6.61 Å². The van der Waals surface area contributed by atoms with Gasteiger partial charge in [0.25, 0.3) is 5.91 Å². The molecule has 0 fully saturated rings. The lowest BCUT2D eigenvalue weighted by Crippen LogP contribution is -2.26. The average Bonchev–Trinajstić information content (AvgIpc) is 2.86. The molecule has 1 N–H and O–H groups in total. The SMILES string of the molecule is CCOc1ccc(C(=O)N[C@@H](C)c2cnn(C)c2)cc1. The highest BCUT2D eigenvalue weighted by Crippen LogP contribution is 2.14. The Morgan fingerprint density at radius 1 is 1.40 bits per heavy atom. The summed E-state index contributed by atoms with van der Waals surface area (Å²) in [5.74, 6) is 0.661. The lowest BCUT2D eigenvalue weighted by Gasteiger charge is -2.12. The van der Waals surface area contributed by atoms with Crippen molar-refractivity contribution < 1.29 is 9.53 Å². The molecule has 0 bridgehead atoms. The number of carbonyl (C=O) groups is 1. The molecule has 0 aliphatic carbocycles. The Kier molecular flexibility index (Phi) is 4.40. The molecule has 106 valence electrons. The van der Waals surface area contributed by atoms with E-state index in [9.17, 15) is 4.79 Å². The normalized spacial score (nSPS) is 11.9. The molecule has 20 heavy (non-hydrogen) atoms. The van der Waals surface area contributed by atoms with Crippen LogP contribution >= 0.6 is 0 Å². The van der Waals surface area contributed by atoms with Crippen molar-refractivity contribution in [1.29, 1.82) is 0 Å². The first-order valence-electron chi connectivity index (χ1n) is 6.62. The number of hydrogen-bond donors (Lipinski definition) is 1. The van der Waals surface area contributed by atoms with Crippen LogP contribution < -0.4 is 10.1 Å². The van der Waals surface area contributed by atoms with Gasteiger partial charge in [-0.25, -0.2) is 0 Å². The molecule has 1 heterocycles. The van der Waals surface area contributed by atoms with Crippen molar-refractivity contribution in [3.8, 4) is 5.75 Å². The van der Waals surface area contributed by atoms with E-state index >= 15 is 0 Å². The third-order valence-corrected chi connectivity index (χ3v) is 3.00. The second-order valence-electron chi connectivity index (χ2n) is 4.60. The van der Waals surface area contributed by atoms with E-state index in [2.05, 4.69) is 10.4 Å². The van der Waals surface area contributed by atoms with Crippen molar-refractivity contribution in [1.82, 2.24) is 15.1 Å². The highest BCUT2D eigenvalue weighted by Gasteiger charge is 2.12. The number of nitrogens with one attached hydrogen (secondary N) is 1. The summed E-state index contributed by atoms with van der Waals surface area (Å²) in [6, 6.07) is 7.04. The van der Waals surface area contributed by atoms with E-state index in [4.69, 9.17) is 4.74 Å². The van der Waals surface area contributed by atoms with Gasteiger partial charge in [0.15, 0.2) is 0 Å². The fourth-order valence-electron chi connectivity index (χ4n) is 1.90. The van der Waals surface area contributed by atoms with Gasteiger partial charge in [0.1, 0.15) is 5.75 Å². The number of aryl methyl sites for hydroxylation is 1. The summed E-state index contributed by atoms with van der Waals surface area (Å²) >= 11 is 0. The van der Waals surface area contributed by atoms with Crippen molar-refractivity contribution in [2.45, 2.75) is 19.9 Å².